The third-order valence-corrected chi connectivity index (χ3v) is 2.88. The zero-order valence-corrected chi connectivity index (χ0v) is 9.10. The third kappa shape index (κ3) is 3.00. The third-order valence-electron chi connectivity index (χ3n) is 2.88. The fraction of sp³-hybridized carbons (Fsp3) is 0.500. The molecule has 0 radical (unpaired) electrons. The van der Waals surface area contributed by atoms with Crippen LogP contribution in [0.3, 0.4) is 0 Å². The molecule has 0 atom stereocenters. The van der Waals surface area contributed by atoms with Gasteiger partial charge < -0.3 is 10.6 Å². The largest absolute Gasteiger partial charge is 0.316 e. The Kier molecular flexibility index (Phi) is 3.85. The van der Waals surface area contributed by atoms with Crippen LogP contribution in [0.4, 0.5) is 8.78 Å². The minimum absolute atomic E-state index is 0.325. The molecule has 0 amide bonds. The van der Waals surface area contributed by atoms with Crippen LogP contribution >= 0.6 is 0 Å². The molecule has 1 aliphatic rings. The fourth-order valence-corrected chi connectivity index (χ4v) is 1.76. The molecule has 88 valence electrons. The van der Waals surface area contributed by atoms with E-state index in [9.17, 15) is 8.78 Å². The van der Waals surface area contributed by atoms with Crippen LogP contribution in [-0.2, 0) is 6.42 Å². The van der Waals surface area contributed by atoms with Gasteiger partial charge in [0.1, 0.15) is 11.6 Å². The van der Waals surface area contributed by atoms with E-state index in [4.69, 9.17) is 0 Å². The SMILES string of the molecule is Fc1ccc(F)c(CCNCC2CNC2)c1. The number of hydrogen-bond acceptors (Lipinski definition) is 2. The minimum Gasteiger partial charge on any atom is -0.316 e. The summed E-state index contributed by atoms with van der Waals surface area (Å²) < 4.78 is 26.1. The van der Waals surface area contributed by atoms with Gasteiger partial charge >= 0.3 is 0 Å². The molecular weight excluding hydrogens is 210 g/mol. The van der Waals surface area contributed by atoms with Crippen LogP contribution in [-0.4, -0.2) is 26.2 Å². The van der Waals surface area contributed by atoms with Gasteiger partial charge in [-0.05, 0) is 42.6 Å². The summed E-state index contributed by atoms with van der Waals surface area (Å²) in [6, 6.07) is 3.59. The molecule has 0 aliphatic carbocycles. The molecule has 2 N–H and O–H groups in total. The summed E-state index contributed by atoms with van der Waals surface area (Å²) in [6.45, 7) is 3.75. The Morgan fingerprint density at radius 3 is 2.81 bits per heavy atom. The van der Waals surface area contributed by atoms with Crippen molar-refractivity contribution in [2.45, 2.75) is 6.42 Å². The lowest BCUT2D eigenvalue weighted by atomic mass is 10.0. The summed E-state index contributed by atoms with van der Waals surface area (Å²) in [4.78, 5) is 0. The lowest BCUT2D eigenvalue weighted by Gasteiger charge is -2.27. The highest BCUT2D eigenvalue weighted by atomic mass is 19.1. The Hall–Kier alpha value is -1.00. The monoisotopic (exact) mass is 226 g/mol. The van der Waals surface area contributed by atoms with Gasteiger partial charge in [-0.3, -0.25) is 0 Å². The first-order chi connectivity index (χ1) is 7.75. The Bertz CT molecular complexity index is 351. The van der Waals surface area contributed by atoms with Crippen LogP contribution < -0.4 is 10.6 Å². The highest BCUT2D eigenvalue weighted by Gasteiger charge is 2.15. The second-order valence-electron chi connectivity index (χ2n) is 4.21. The van der Waals surface area contributed by atoms with E-state index < -0.39 is 0 Å². The van der Waals surface area contributed by atoms with Crippen LogP contribution in [0.2, 0.25) is 0 Å². The summed E-state index contributed by atoms with van der Waals surface area (Å²) in [6.07, 6.45) is 0.531. The van der Waals surface area contributed by atoms with Crippen LogP contribution in [0.5, 0.6) is 0 Å². The highest BCUT2D eigenvalue weighted by Crippen LogP contribution is 2.09. The Morgan fingerprint density at radius 1 is 1.31 bits per heavy atom. The molecular formula is C12H16F2N2. The zero-order chi connectivity index (χ0) is 11.4. The molecule has 1 aliphatic heterocycles. The molecule has 1 aromatic rings. The van der Waals surface area contributed by atoms with E-state index in [1.54, 1.807) is 0 Å². The van der Waals surface area contributed by atoms with E-state index in [2.05, 4.69) is 10.6 Å². The van der Waals surface area contributed by atoms with Gasteiger partial charge in [0.25, 0.3) is 0 Å². The predicted molar refractivity (Wildman–Crippen MR) is 59.3 cm³/mol. The quantitative estimate of drug-likeness (QED) is 0.740. The van der Waals surface area contributed by atoms with E-state index in [1.807, 2.05) is 0 Å². The van der Waals surface area contributed by atoms with Gasteiger partial charge in [0, 0.05) is 19.6 Å². The van der Waals surface area contributed by atoms with Crippen molar-refractivity contribution in [3.05, 3.63) is 35.4 Å². The number of nitrogens with one attached hydrogen (secondary N) is 2. The molecule has 0 unspecified atom stereocenters. The summed E-state index contributed by atoms with van der Waals surface area (Å²) in [7, 11) is 0. The predicted octanol–water partition coefficient (Wildman–Crippen LogP) is 1.32. The van der Waals surface area contributed by atoms with Crippen molar-refractivity contribution in [2.75, 3.05) is 26.2 Å². The molecule has 1 aromatic carbocycles. The van der Waals surface area contributed by atoms with Gasteiger partial charge in [0.05, 0.1) is 0 Å². The van der Waals surface area contributed by atoms with E-state index in [0.29, 0.717) is 24.4 Å². The maximum absolute atomic E-state index is 13.2. The first kappa shape index (κ1) is 11.5. The highest BCUT2D eigenvalue weighted by molar-refractivity contribution is 5.18. The van der Waals surface area contributed by atoms with Gasteiger partial charge in [0.2, 0.25) is 0 Å². The van der Waals surface area contributed by atoms with Gasteiger partial charge in [0.15, 0.2) is 0 Å². The molecule has 2 rings (SSSR count). The van der Waals surface area contributed by atoms with Crippen molar-refractivity contribution in [3.63, 3.8) is 0 Å². The Morgan fingerprint density at radius 2 is 2.12 bits per heavy atom. The Balaban J connectivity index is 1.73. The van der Waals surface area contributed by atoms with Gasteiger partial charge in [-0.2, -0.15) is 0 Å². The van der Waals surface area contributed by atoms with Crippen LogP contribution in [0.1, 0.15) is 5.56 Å². The van der Waals surface area contributed by atoms with E-state index in [-0.39, 0.29) is 11.6 Å². The van der Waals surface area contributed by atoms with Crippen LogP contribution in [0.15, 0.2) is 18.2 Å². The van der Waals surface area contributed by atoms with Crippen molar-refractivity contribution in [1.29, 1.82) is 0 Å². The first-order valence-corrected chi connectivity index (χ1v) is 5.61. The second-order valence-corrected chi connectivity index (χ2v) is 4.21. The zero-order valence-electron chi connectivity index (χ0n) is 9.10. The van der Waals surface area contributed by atoms with E-state index >= 15 is 0 Å². The van der Waals surface area contributed by atoms with Gasteiger partial charge in [-0.15, -0.1) is 0 Å². The lowest BCUT2D eigenvalue weighted by molar-refractivity contribution is 0.332. The van der Waals surface area contributed by atoms with E-state index in [1.165, 1.54) is 12.1 Å². The topological polar surface area (TPSA) is 24.1 Å². The smallest absolute Gasteiger partial charge is 0.126 e. The second kappa shape index (κ2) is 5.37. The molecule has 0 spiro atoms. The van der Waals surface area contributed by atoms with Gasteiger partial charge in [-0.1, -0.05) is 0 Å². The average Bonchev–Trinajstić information content (AvgIpc) is 2.20. The standard InChI is InChI=1S/C12H16F2N2/c13-11-1-2-12(14)10(5-11)3-4-15-6-9-7-16-8-9/h1-2,5,9,15-16H,3-4,6-8H2. The molecule has 0 bridgehead atoms. The molecule has 4 heteroatoms. The van der Waals surface area contributed by atoms with Crippen molar-refractivity contribution < 1.29 is 8.78 Å². The van der Waals surface area contributed by atoms with Crippen LogP contribution in [0, 0.1) is 17.6 Å². The van der Waals surface area contributed by atoms with Crippen molar-refractivity contribution in [2.24, 2.45) is 5.92 Å². The number of halogens is 2. The maximum Gasteiger partial charge on any atom is 0.126 e. The Labute approximate surface area is 94.0 Å². The number of hydrogen-bond donors (Lipinski definition) is 2. The van der Waals surface area contributed by atoms with Crippen molar-refractivity contribution in [3.8, 4) is 0 Å². The van der Waals surface area contributed by atoms with Gasteiger partial charge in [-0.25, -0.2) is 8.78 Å². The summed E-state index contributed by atoms with van der Waals surface area (Å²) in [5, 5.41) is 6.44. The molecule has 1 heterocycles. The average molecular weight is 226 g/mol. The molecule has 1 saturated heterocycles. The fourth-order valence-electron chi connectivity index (χ4n) is 1.76. The molecule has 1 fully saturated rings. The number of rotatable bonds is 5. The first-order valence-electron chi connectivity index (χ1n) is 5.61. The molecule has 0 saturated carbocycles. The van der Waals surface area contributed by atoms with E-state index in [0.717, 1.165) is 25.7 Å². The number of benzene rings is 1. The normalized spacial score (nSPS) is 16.1. The molecule has 2 nitrogen and oxygen atoms in total. The lowest BCUT2D eigenvalue weighted by Crippen LogP contribution is -2.47. The summed E-state index contributed by atoms with van der Waals surface area (Å²) in [5.41, 5.74) is 0.444. The maximum atomic E-state index is 13.2. The van der Waals surface area contributed by atoms with Crippen molar-refractivity contribution in [1.82, 2.24) is 10.6 Å². The van der Waals surface area contributed by atoms with Crippen LogP contribution in [0.25, 0.3) is 0 Å². The molecule has 0 aromatic heterocycles. The summed E-state index contributed by atoms with van der Waals surface area (Å²) >= 11 is 0. The minimum atomic E-state index is -0.375. The summed E-state index contributed by atoms with van der Waals surface area (Å²) in [5.74, 6) is -0.00883. The van der Waals surface area contributed by atoms with Crippen molar-refractivity contribution >= 4 is 0 Å². The molecule has 16 heavy (non-hydrogen) atoms.